The van der Waals surface area contributed by atoms with E-state index < -0.39 is 61.6 Å². The highest BCUT2D eigenvalue weighted by molar-refractivity contribution is 7.94. The zero-order chi connectivity index (χ0) is 32.1. The first kappa shape index (κ1) is 31.4. The van der Waals surface area contributed by atoms with E-state index in [4.69, 9.17) is 11.6 Å². The Morgan fingerprint density at radius 2 is 1.52 bits per heavy atom. The Bertz CT molecular complexity index is 1700. The molecular formula is C27H22ClF6N5O4S. The maximum Gasteiger partial charge on any atom is 0.417 e. The summed E-state index contributed by atoms with van der Waals surface area (Å²) in [5.41, 5.74) is -2.62. The van der Waals surface area contributed by atoms with Gasteiger partial charge < -0.3 is 15.1 Å². The number of aromatic nitrogens is 1. The Labute approximate surface area is 251 Å². The number of urea groups is 1. The lowest BCUT2D eigenvalue weighted by molar-refractivity contribution is -0.140. The van der Waals surface area contributed by atoms with E-state index in [-0.39, 0.29) is 42.7 Å². The van der Waals surface area contributed by atoms with Crippen LogP contribution in [-0.4, -0.2) is 67.8 Å². The highest BCUT2D eigenvalue weighted by Crippen LogP contribution is 2.43. The highest BCUT2D eigenvalue weighted by atomic mass is 35.5. The summed E-state index contributed by atoms with van der Waals surface area (Å²) in [6, 6.07) is 10.2. The predicted molar refractivity (Wildman–Crippen MR) is 147 cm³/mol. The third-order valence-electron chi connectivity index (χ3n) is 7.33. The second-order valence-corrected chi connectivity index (χ2v) is 12.4. The van der Waals surface area contributed by atoms with Gasteiger partial charge in [0.05, 0.1) is 27.6 Å². The number of carbonyl (C=O) groups excluding carboxylic acids is 2. The van der Waals surface area contributed by atoms with Gasteiger partial charge in [-0.2, -0.15) is 26.3 Å². The molecule has 17 heteroatoms. The summed E-state index contributed by atoms with van der Waals surface area (Å²) in [4.78, 5) is 30.5. The van der Waals surface area contributed by atoms with Gasteiger partial charge in [0, 0.05) is 38.1 Å². The van der Waals surface area contributed by atoms with E-state index in [2.05, 4.69) is 10.3 Å². The summed E-state index contributed by atoms with van der Waals surface area (Å²) >= 11 is 6.07. The zero-order valence-corrected chi connectivity index (χ0v) is 23.9. The molecule has 1 unspecified atom stereocenters. The molecule has 0 spiro atoms. The Morgan fingerprint density at radius 3 is 2.11 bits per heavy atom. The van der Waals surface area contributed by atoms with E-state index in [1.807, 2.05) is 0 Å². The molecule has 2 aliphatic heterocycles. The van der Waals surface area contributed by atoms with Crippen LogP contribution in [0.5, 0.6) is 0 Å². The molecule has 1 atom stereocenters. The standard InChI is InChI=1S/C27H22ClF6N5O4S/c28-20-14-17(26(29,30)31)15-35-22(20)37-10-12-38(13-11-37)23(40)25(16-36-24(41)39(25)18-6-2-1-3-7-18)44(42,43)21-9-5-4-8-19(21)27(32,33)34/h1-9,14-15H,10-13,16H2,(H,36,41). The molecule has 0 bridgehead atoms. The SMILES string of the molecule is O=C1NCC(C(=O)N2CCN(c3ncc(C(F)(F)F)cc3Cl)CC2)(S(=O)(=O)c2ccccc2C(F)(F)F)N1c1ccccc1. The molecule has 0 aliphatic carbocycles. The Balaban J connectivity index is 1.55. The first-order chi connectivity index (χ1) is 20.6. The Morgan fingerprint density at radius 1 is 0.909 bits per heavy atom. The Hall–Kier alpha value is -4.05. The fraction of sp³-hybridized carbons (Fsp3) is 0.296. The van der Waals surface area contributed by atoms with Gasteiger partial charge in [-0.3, -0.25) is 9.69 Å². The number of rotatable bonds is 5. The maximum atomic E-state index is 14.4. The smallest absolute Gasteiger partial charge is 0.352 e. The third-order valence-corrected chi connectivity index (χ3v) is 9.94. The minimum Gasteiger partial charge on any atom is -0.352 e. The normalized spacial score (nSPS) is 19.7. The van der Waals surface area contributed by atoms with Crippen molar-refractivity contribution in [3.05, 3.63) is 83.0 Å². The first-order valence-corrected chi connectivity index (χ1v) is 14.8. The van der Waals surface area contributed by atoms with Crippen molar-refractivity contribution in [2.45, 2.75) is 22.1 Å². The molecule has 2 fully saturated rings. The van der Waals surface area contributed by atoms with Gasteiger partial charge in [-0.1, -0.05) is 41.9 Å². The molecule has 3 aromatic rings. The molecule has 1 aromatic heterocycles. The largest absolute Gasteiger partial charge is 0.417 e. The van der Waals surface area contributed by atoms with Gasteiger partial charge in [-0.15, -0.1) is 0 Å². The molecule has 234 valence electrons. The van der Waals surface area contributed by atoms with Crippen molar-refractivity contribution in [2.24, 2.45) is 0 Å². The third kappa shape index (κ3) is 5.29. The molecule has 0 radical (unpaired) electrons. The lowest BCUT2D eigenvalue weighted by Gasteiger charge is -2.42. The number of para-hydroxylation sites is 1. The van der Waals surface area contributed by atoms with Crippen molar-refractivity contribution < 1.29 is 44.3 Å². The second kappa shape index (κ2) is 11.1. The van der Waals surface area contributed by atoms with Gasteiger partial charge in [-0.05, 0) is 30.3 Å². The first-order valence-electron chi connectivity index (χ1n) is 12.9. The summed E-state index contributed by atoms with van der Waals surface area (Å²) in [6.07, 6.45) is -9.19. The topological polar surface area (TPSA) is 103 Å². The number of nitrogens with one attached hydrogen (secondary N) is 1. The number of hydrogen-bond acceptors (Lipinski definition) is 6. The van der Waals surface area contributed by atoms with Gasteiger partial charge in [0.15, 0.2) is 0 Å². The van der Waals surface area contributed by atoms with Gasteiger partial charge in [0.25, 0.3) is 10.8 Å². The van der Waals surface area contributed by atoms with E-state index in [1.165, 1.54) is 29.2 Å². The number of piperazine rings is 1. The van der Waals surface area contributed by atoms with Crippen LogP contribution in [0.25, 0.3) is 0 Å². The van der Waals surface area contributed by atoms with Crippen LogP contribution in [0.4, 0.5) is 42.6 Å². The van der Waals surface area contributed by atoms with Gasteiger partial charge in [-0.25, -0.2) is 18.2 Å². The van der Waals surface area contributed by atoms with Crippen molar-refractivity contribution in [1.82, 2.24) is 15.2 Å². The highest BCUT2D eigenvalue weighted by Gasteiger charge is 2.64. The van der Waals surface area contributed by atoms with E-state index in [1.54, 1.807) is 6.07 Å². The number of anilines is 2. The van der Waals surface area contributed by atoms with E-state index in [9.17, 15) is 44.3 Å². The molecule has 0 saturated carbocycles. The van der Waals surface area contributed by atoms with Crippen molar-refractivity contribution in [1.29, 1.82) is 0 Å². The van der Waals surface area contributed by atoms with Gasteiger partial charge >= 0.3 is 18.4 Å². The number of amides is 3. The number of alkyl halides is 6. The maximum absolute atomic E-state index is 14.4. The van der Waals surface area contributed by atoms with Crippen LogP contribution >= 0.6 is 11.6 Å². The molecule has 9 nitrogen and oxygen atoms in total. The zero-order valence-electron chi connectivity index (χ0n) is 22.4. The van der Waals surface area contributed by atoms with Crippen molar-refractivity contribution >= 4 is 44.9 Å². The molecule has 44 heavy (non-hydrogen) atoms. The van der Waals surface area contributed by atoms with Crippen LogP contribution in [0.3, 0.4) is 0 Å². The lowest BCUT2D eigenvalue weighted by Crippen LogP contribution is -2.66. The number of pyridine rings is 1. The minimum absolute atomic E-state index is 0.00294. The Kier molecular flexibility index (Phi) is 7.95. The average molecular weight is 662 g/mol. The van der Waals surface area contributed by atoms with E-state index in [0.29, 0.717) is 23.2 Å². The summed E-state index contributed by atoms with van der Waals surface area (Å²) in [7, 11) is -5.31. The van der Waals surface area contributed by atoms with Crippen LogP contribution in [0.15, 0.2) is 71.8 Å². The van der Waals surface area contributed by atoms with Crippen LogP contribution in [-0.2, 0) is 27.0 Å². The van der Waals surface area contributed by atoms with Crippen molar-refractivity contribution in [3.8, 4) is 0 Å². The summed E-state index contributed by atoms with van der Waals surface area (Å²) in [6.45, 7) is -1.42. The monoisotopic (exact) mass is 661 g/mol. The van der Waals surface area contributed by atoms with Crippen LogP contribution in [0, 0.1) is 0 Å². The second-order valence-electron chi connectivity index (χ2n) is 9.92. The van der Waals surface area contributed by atoms with Gasteiger partial charge in [0.1, 0.15) is 5.82 Å². The van der Waals surface area contributed by atoms with Crippen LogP contribution in [0.1, 0.15) is 11.1 Å². The summed E-state index contributed by atoms with van der Waals surface area (Å²) < 4.78 is 110. The number of carbonyl (C=O) groups is 2. The number of nitrogens with zero attached hydrogens (tertiary/aromatic N) is 4. The molecule has 5 rings (SSSR count). The lowest BCUT2D eigenvalue weighted by atomic mass is 10.1. The molecule has 2 aromatic carbocycles. The quantitative estimate of drug-likeness (QED) is 0.394. The fourth-order valence-corrected chi connectivity index (χ4v) is 7.66. The average Bonchev–Trinajstić information content (AvgIpc) is 3.34. The minimum atomic E-state index is -5.31. The van der Waals surface area contributed by atoms with Crippen molar-refractivity contribution in [2.75, 3.05) is 42.5 Å². The van der Waals surface area contributed by atoms with Gasteiger partial charge in [0.2, 0.25) is 9.84 Å². The number of halogens is 7. The molecule has 3 amide bonds. The van der Waals surface area contributed by atoms with Crippen LogP contribution < -0.4 is 15.1 Å². The summed E-state index contributed by atoms with van der Waals surface area (Å²) in [5, 5.41) is 2.02. The summed E-state index contributed by atoms with van der Waals surface area (Å²) in [5.74, 6) is -1.17. The molecule has 2 aliphatic rings. The van der Waals surface area contributed by atoms with Crippen LogP contribution in [0.2, 0.25) is 5.02 Å². The number of hydrogen-bond donors (Lipinski definition) is 1. The number of benzene rings is 2. The van der Waals surface area contributed by atoms with E-state index in [0.717, 1.165) is 23.1 Å². The fourth-order valence-electron chi connectivity index (χ4n) is 5.23. The molecule has 1 N–H and O–H groups in total. The van der Waals surface area contributed by atoms with Crippen molar-refractivity contribution in [3.63, 3.8) is 0 Å². The molecular weight excluding hydrogens is 640 g/mol. The molecule has 3 heterocycles. The molecule has 2 saturated heterocycles. The predicted octanol–water partition coefficient (Wildman–Crippen LogP) is 4.82. The van der Waals surface area contributed by atoms with E-state index >= 15 is 0 Å². The number of sulfone groups is 1.